The summed E-state index contributed by atoms with van der Waals surface area (Å²) in [4.78, 5) is 12.3. The molecule has 1 atom stereocenters. The van der Waals surface area contributed by atoms with Gasteiger partial charge in [0, 0.05) is 0 Å². The molecule has 2 aromatic rings. The summed E-state index contributed by atoms with van der Waals surface area (Å²) in [5, 5.41) is 0. The van der Waals surface area contributed by atoms with Crippen molar-refractivity contribution in [1.29, 1.82) is 0 Å². The fourth-order valence-corrected chi connectivity index (χ4v) is 3.03. The van der Waals surface area contributed by atoms with Gasteiger partial charge in [-0.05, 0) is 42.0 Å². The van der Waals surface area contributed by atoms with E-state index in [0.29, 0.717) is 12.2 Å². The summed E-state index contributed by atoms with van der Waals surface area (Å²) in [6, 6.07) is 15.7. The molecule has 0 amide bonds. The monoisotopic (exact) mass is 340 g/mol. The topological polar surface area (TPSA) is 35.5 Å². The van der Waals surface area contributed by atoms with E-state index in [1.165, 1.54) is 5.56 Å². The molecule has 0 bridgehead atoms. The normalized spacial score (nSPS) is 11.8. The van der Waals surface area contributed by atoms with Crippen molar-refractivity contribution in [1.82, 2.24) is 0 Å². The summed E-state index contributed by atoms with van der Waals surface area (Å²) in [6.07, 6.45) is 3.74. The first kappa shape index (κ1) is 19.0. The lowest BCUT2D eigenvalue weighted by Gasteiger charge is -2.18. The number of benzene rings is 2. The van der Waals surface area contributed by atoms with Crippen LogP contribution in [0.2, 0.25) is 0 Å². The number of carbonyl (C=O) groups excluding carboxylic acids is 1. The molecule has 0 aliphatic rings. The maximum Gasteiger partial charge on any atom is 0.514 e. The molecule has 1 unspecified atom stereocenters. The van der Waals surface area contributed by atoms with Crippen molar-refractivity contribution in [3.05, 3.63) is 65.2 Å². The number of ether oxygens (including phenoxy) is 2. The maximum atomic E-state index is 12.3. The van der Waals surface area contributed by atoms with Crippen LogP contribution in [-0.2, 0) is 17.6 Å². The highest BCUT2D eigenvalue weighted by molar-refractivity contribution is 5.65. The highest BCUT2D eigenvalue weighted by atomic mass is 16.7. The fourth-order valence-electron chi connectivity index (χ4n) is 3.03. The molecular formula is C22H28O3. The van der Waals surface area contributed by atoms with Crippen molar-refractivity contribution in [3.8, 4) is 5.75 Å². The molecule has 0 saturated carbocycles. The maximum absolute atomic E-state index is 12.3. The third kappa shape index (κ3) is 5.35. The van der Waals surface area contributed by atoms with Gasteiger partial charge in [0.15, 0.2) is 0 Å². The second-order valence-electron chi connectivity index (χ2n) is 6.17. The van der Waals surface area contributed by atoms with Gasteiger partial charge in [-0.25, -0.2) is 4.79 Å². The van der Waals surface area contributed by atoms with Gasteiger partial charge in [0.2, 0.25) is 0 Å². The van der Waals surface area contributed by atoms with Crippen molar-refractivity contribution in [2.45, 2.75) is 59.0 Å². The lowest BCUT2D eigenvalue weighted by Crippen LogP contribution is -2.16. The minimum Gasteiger partial charge on any atom is -0.426 e. The lowest BCUT2D eigenvalue weighted by atomic mass is 9.99. The molecular weight excluding hydrogens is 312 g/mol. The molecule has 3 nitrogen and oxygen atoms in total. The van der Waals surface area contributed by atoms with E-state index in [0.717, 1.165) is 36.8 Å². The Labute approximate surface area is 151 Å². The molecule has 2 aromatic carbocycles. The van der Waals surface area contributed by atoms with E-state index in [1.54, 1.807) is 0 Å². The summed E-state index contributed by atoms with van der Waals surface area (Å²) in [5.74, 6) is 0.626. The lowest BCUT2D eigenvalue weighted by molar-refractivity contribution is 0.0558. The quantitative estimate of drug-likeness (QED) is 0.420. The zero-order chi connectivity index (χ0) is 18.1. The molecule has 0 aliphatic heterocycles. The largest absolute Gasteiger partial charge is 0.514 e. The standard InChI is InChI=1S/C22H28O3/c1-4-11-17-15-10-16-21(19(17)12-5-2)25-22(23)24-20(6-3)18-13-8-7-9-14-18/h7-10,13-16,20H,4-6,11-12H2,1-3H3. The van der Waals surface area contributed by atoms with E-state index in [4.69, 9.17) is 9.47 Å². The molecule has 0 spiro atoms. The van der Waals surface area contributed by atoms with Gasteiger partial charge in [0.25, 0.3) is 0 Å². The molecule has 2 rings (SSSR count). The molecule has 0 radical (unpaired) electrons. The van der Waals surface area contributed by atoms with E-state index < -0.39 is 6.16 Å². The minimum absolute atomic E-state index is 0.290. The van der Waals surface area contributed by atoms with Gasteiger partial charge < -0.3 is 9.47 Å². The van der Waals surface area contributed by atoms with Crippen LogP contribution in [0.4, 0.5) is 4.79 Å². The Hall–Kier alpha value is -2.29. The summed E-state index contributed by atoms with van der Waals surface area (Å²) in [6.45, 7) is 6.28. The van der Waals surface area contributed by atoms with Crippen LogP contribution in [0.15, 0.2) is 48.5 Å². The van der Waals surface area contributed by atoms with Gasteiger partial charge >= 0.3 is 6.16 Å². The van der Waals surface area contributed by atoms with Crippen LogP contribution in [0.25, 0.3) is 0 Å². The highest BCUT2D eigenvalue weighted by Crippen LogP contribution is 2.27. The van der Waals surface area contributed by atoms with Crippen molar-refractivity contribution >= 4 is 6.16 Å². The van der Waals surface area contributed by atoms with Crippen molar-refractivity contribution in [2.75, 3.05) is 0 Å². The third-order valence-electron chi connectivity index (χ3n) is 4.22. The average Bonchev–Trinajstić information content (AvgIpc) is 2.63. The number of carbonyl (C=O) groups is 1. The fraction of sp³-hybridized carbons (Fsp3) is 0.409. The Kier molecular flexibility index (Phi) is 7.52. The molecule has 0 fully saturated rings. The number of hydrogen-bond donors (Lipinski definition) is 0. The van der Waals surface area contributed by atoms with E-state index in [9.17, 15) is 4.79 Å². The van der Waals surface area contributed by atoms with Gasteiger partial charge in [-0.1, -0.05) is 76.1 Å². The second kappa shape index (κ2) is 9.87. The summed E-state index contributed by atoms with van der Waals surface area (Å²) >= 11 is 0. The SMILES string of the molecule is CCCc1cccc(OC(=O)OC(CC)c2ccccc2)c1CCC. The van der Waals surface area contributed by atoms with Crippen LogP contribution in [0.3, 0.4) is 0 Å². The van der Waals surface area contributed by atoms with Gasteiger partial charge in [0.05, 0.1) is 0 Å². The van der Waals surface area contributed by atoms with Crippen molar-refractivity contribution < 1.29 is 14.3 Å². The minimum atomic E-state index is -0.637. The highest BCUT2D eigenvalue weighted by Gasteiger charge is 2.18. The Bertz CT molecular complexity index is 664. The van der Waals surface area contributed by atoms with Crippen LogP contribution < -0.4 is 4.74 Å². The molecule has 0 heterocycles. The van der Waals surface area contributed by atoms with E-state index >= 15 is 0 Å². The number of aryl methyl sites for hydroxylation is 1. The third-order valence-corrected chi connectivity index (χ3v) is 4.22. The molecule has 3 heteroatoms. The molecule has 25 heavy (non-hydrogen) atoms. The Morgan fingerprint density at radius 3 is 2.28 bits per heavy atom. The first-order valence-electron chi connectivity index (χ1n) is 9.23. The Balaban J connectivity index is 2.13. The van der Waals surface area contributed by atoms with Crippen molar-refractivity contribution in [3.63, 3.8) is 0 Å². The summed E-state index contributed by atoms with van der Waals surface area (Å²) in [7, 11) is 0. The van der Waals surface area contributed by atoms with Gasteiger partial charge in [-0.3, -0.25) is 0 Å². The molecule has 0 N–H and O–H groups in total. The molecule has 0 aliphatic carbocycles. The predicted octanol–water partition coefficient (Wildman–Crippen LogP) is 6.26. The van der Waals surface area contributed by atoms with Crippen LogP contribution in [0, 0.1) is 0 Å². The molecule has 0 aromatic heterocycles. The molecule has 0 saturated heterocycles. The zero-order valence-electron chi connectivity index (χ0n) is 15.5. The summed E-state index contributed by atoms with van der Waals surface area (Å²) in [5.41, 5.74) is 3.36. The van der Waals surface area contributed by atoms with Crippen LogP contribution >= 0.6 is 0 Å². The van der Waals surface area contributed by atoms with Gasteiger partial charge in [-0.2, -0.15) is 0 Å². The zero-order valence-corrected chi connectivity index (χ0v) is 15.5. The van der Waals surface area contributed by atoms with Gasteiger partial charge in [-0.15, -0.1) is 0 Å². The Morgan fingerprint density at radius 1 is 0.920 bits per heavy atom. The Morgan fingerprint density at radius 2 is 1.64 bits per heavy atom. The predicted molar refractivity (Wildman–Crippen MR) is 101 cm³/mol. The molecule has 134 valence electrons. The smallest absolute Gasteiger partial charge is 0.426 e. The number of hydrogen-bond acceptors (Lipinski definition) is 3. The van der Waals surface area contributed by atoms with Crippen LogP contribution in [0.1, 0.15) is 62.8 Å². The summed E-state index contributed by atoms with van der Waals surface area (Å²) < 4.78 is 11.1. The van der Waals surface area contributed by atoms with E-state index in [2.05, 4.69) is 19.9 Å². The first-order chi connectivity index (χ1) is 12.2. The van der Waals surface area contributed by atoms with Crippen LogP contribution in [0.5, 0.6) is 5.75 Å². The first-order valence-corrected chi connectivity index (χ1v) is 9.23. The van der Waals surface area contributed by atoms with Crippen molar-refractivity contribution in [2.24, 2.45) is 0 Å². The second-order valence-corrected chi connectivity index (χ2v) is 6.17. The van der Waals surface area contributed by atoms with Crippen LogP contribution in [-0.4, -0.2) is 6.16 Å². The van der Waals surface area contributed by atoms with E-state index in [1.807, 2.05) is 49.4 Å². The van der Waals surface area contributed by atoms with Gasteiger partial charge in [0.1, 0.15) is 11.9 Å². The van der Waals surface area contributed by atoms with E-state index in [-0.39, 0.29) is 6.10 Å². The number of rotatable bonds is 8. The average molecular weight is 340 g/mol.